The monoisotopic (exact) mass is 678 g/mol. The molecular weight excluding hydrogens is 640 g/mol. The van der Waals surface area contributed by atoms with Gasteiger partial charge in [-0.2, -0.15) is 13.2 Å². The van der Waals surface area contributed by atoms with Crippen LogP contribution in [0.25, 0.3) is 11.2 Å². The first-order chi connectivity index (χ1) is 22.2. The van der Waals surface area contributed by atoms with Crippen LogP contribution in [-0.4, -0.2) is 73.5 Å². The number of amides is 3. The molecule has 3 amide bonds. The van der Waals surface area contributed by atoms with Crippen molar-refractivity contribution in [2.45, 2.75) is 96.3 Å². The Bertz CT molecular complexity index is 1730. The van der Waals surface area contributed by atoms with E-state index in [1.807, 2.05) is 0 Å². The first-order valence-electron chi connectivity index (χ1n) is 15.4. The van der Waals surface area contributed by atoms with Gasteiger partial charge in [0, 0.05) is 23.8 Å². The zero-order valence-electron chi connectivity index (χ0n) is 27.4. The molecule has 2 fully saturated rings. The number of alkyl carbamates (subject to hydrolysis) is 1. The minimum absolute atomic E-state index is 0.00109. The Kier molecular flexibility index (Phi) is 8.94. The fraction of sp³-hybridized carbons (Fsp3) is 0.548. The lowest BCUT2D eigenvalue weighted by Crippen LogP contribution is -2.61. The van der Waals surface area contributed by atoms with E-state index in [1.54, 1.807) is 41.5 Å². The average Bonchev–Trinajstić information content (AvgIpc) is 3.49. The summed E-state index contributed by atoms with van der Waals surface area (Å²) in [6.45, 7) is 9.30. The van der Waals surface area contributed by atoms with Gasteiger partial charge >= 0.3 is 18.4 Å². The van der Waals surface area contributed by atoms with Crippen molar-refractivity contribution >= 4 is 40.8 Å². The van der Waals surface area contributed by atoms with E-state index in [2.05, 4.69) is 30.9 Å². The summed E-state index contributed by atoms with van der Waals surface area (Å²) in [6.07, 6.45) is -2.89. The van der Waals surface area contributed by atoms with Gasteiger partial charge in [-0.3, -0.25) is 10.1 Å². The van der Waals surface area contributed by atoms with Gasteiger partial charge in [-0.15, -0.1) is 0 Å². The van der Waals surface area contributed by atoms with Crippen LogP contribution in [0.2, 0.25) is 0 Å². The van der Waals surface area contributed by atoms with E-state index in [1.165, 1.54) is 21.9 Å². The number of imidazole rings is 1. The highest BCUT2D eigenvalue weighted by atomic mass is 19.4. The fourth-order valence-electron chi connectivity index (χ4n) is 5.44. The Hall–Kier alpha value is -4.70. The number of nitrogens with zero attached hydrogens (tertiary/aromatic N) is 5. The van der Waals surface area contributed by atoms with Crippen molar-refractivity contribution in [2.75, 3.05) is 23.3 Å². The summed E-state index contributed by atoms with van der Waals surface area (Å²) in [7, 11) is 0. The van der Waals surface area contributed by atoms with E-state index in [-0.39, 0.29) is 48.2 Å². The van der Waals surface area contributed by atoms with Gasteiger partial charge in [0.15, 0.2) is 17.0 Å². The Morgan fingerprint density at radius 1 is 0.979 bits per heavy atom. The highest BCUT2D eigenvalue weighted by Gasteiger charge is 2.49. The van der Waals surface area contributed by atoms with E-state index >= 15 is 4.39 Å². The van der Waals surface area contributed by atoms with Crippen LogP contribution in [0.15, 0.2) is 24.8 Å². The van der Waals surface area contributed by atoms with Crippen LogP contribution in [-0.2, 0) is 27.0 Å². The number of anilines is 2. The predicted molar refractivity (Wildman–Crippen MR) is 166 cm³/mol. The second-order valence-corrected chi connectivity index (χ2v) is 13.9. The Morgan fingerprint density at radius 3 is 2.27 bits per heavy atom. The number of carbonyl (C=O) groups is 3. The second kappa shape index (κ2) is 12.4. The number of carbonyl (C=O) groups excluding carboxylic acids is 3. The largest absolute Gasteiger partial charge is 0.444 e. The smallest absolute Gasteiger partial charge is 0.419 e. The molecule has 3 aromatic rings. The van der Waals surface area contributed by atoms with Gasteiger partial charge in [0.1, 0.15) is 28.9 Å². The normalized spacial score (nSPS) is 18.5. The summed E-state index contributed by atoms with van der Waals surface area (Å²) in [5.74, 6) is -2.01. The van der Waals surface area contributed by atoms with Crippen molar-refractivity contribution in [1.29, 1.82) is 0 Å². The van der Waals surface area contributed by atoms with Crippen molar-refractivity contribution < 1.29 is 41.4 Å². The zero-order valence-corrected chi connectivity index (χ0v) is 27.4. The third-order valence-corrected chi connectivity index (χ3v) is 7.57. The minimum atomic E-state index is -5.10. The highest BCUT2D eigenvalue weighted by Crippen LogP contribution is 2.41. The molecule has 3 heterocycles. The van der Waals surface area contributed by atoms with Crippen molar-refractivity contribution in [2.24, 2.45) is 0 Å². The third kappa shape index (κ3) is 7.87. The molecule has 1 saturated carbocycles. The maximum absolute atomic E-state index is 15.1. The Balaban J connectivity index is 1.51. The van der Waals surface area contributed by atoms with Crippen molar-refractivity contribution in [1.82, 2.24) is 30.2 Å². The summed E-state index contributed by atoms with van der Waals surface area (Å²) < 4.78 is 70.5. The Morgan fingerprint density at radius 2 is 1.65 bits per heavy atom. The maximum Gasteiger partial charge on any atom is 0.419 e. The van der Waals surface area contributed by atoms with Gasteiger partial charge in [-0.1, -0.05) is 0 Å². The van der Waals surface area contributed by atoms with Gasteiger partial charge in [0.05, 0.1) is 25.0 Å². The fourth-order valence-corrected chi connectivity index (χ4v) is 5.44. The molecule has 0 unspecified atom stereocenters. The molecule has 5 rings (SSSR count). The first-order valence-corrected chi connectivity index (χ1v) is 15.4. The summed E-state index contributed by atoms with van der Waals surface area (Å²) in [5.41, 5.74) is -5.04. The number of aromatic nitrogens is 4. The Labute approximate surface area is 273 Å². The average molecular weight is 679 g/mol. The van der Waals surface area contributed by atoms with Gasteiger partial charge in [0.2, 0.25) is 5.91 Å². The number of ether oxygens (including phenoxy) is 2. The molecule has 48 heavy (non-hydrogen) atoms. The lowest BCUT2D eigenvalue weighted by molar-refractivity contribution is -0.140. The lowest BCUT2D eigenvalue weighted by atomic mass is 9.97. The van der Waals surface area contributed by atoms with E-state index in [9.17, 15) is 27.6 Å². The number of rotatable bonds is 7. The molecular formula is C31H38F4N8O5. The number of hydrogen-bond donors (Lipinski definition) is 3. The molecule has 17 heteroatoms. The number of nitrogens with one attached hydrogen (secondary N) is 3. The molecule has 0 bridgehead atoms. The molecule has 1 aliphatic carbocycles. The topological polar surface area (TPSA) is 153 Å². The lowest BCUT2D eigenvalue weighted by Gasteiger charge is -2.32. The highest BCUT2D eigenvalue weighted by molar-refractivity contribution is 5.94. The van der Waals surface area contributed by atoms with Crippen molar-refractivity contribution in [3.8, 4) is 0 Å². The summed E-state index contributed by atoms with van der Waals surface area (Å²) in [5, 5.41) is 8.02. The van der Waals surface area contributed by atoms with Crippen molar-refractivity contribution in [3.05, 3.63) is 41.7 Å². The van der Waals surface area contributed by atoms with Crippen molar-refractivity contribution in [3.63, 3.8) is 0 Å². The van der Waals surface area contributed by atoms with Crippen LogP contribution in [0.3, 0.4) is 0 Å². The van der Waals surface area contributed by atoms with Crippen LogP contribution < -0.4 is 20.9 Å². The molecule has 3 N–H and O–H groups in total. The number of fused-ring (bicyclic) bond motifs is 1. The summed E-state index contributed by atoms with van der Waals surface area (Å²) in [4.78, 5) is 52.7. The van der Waals surface area contributed by atoms with Crippen LogP contribution in [0, 0.1) is 5.82 Å². The van der Waals surface area contributed by atoms with Crippen LogP contribution in [0.5, 0.6) is 0 Å². The van der Waals surface area contributed by atoms with Gasteiger partial charge < -0.3 is 29.6 Å². The molecule has 1 aliphatic heterocycles. The van der Waals surface area contributed by atoms with Gasteiger partial charge in [0.25, 0.3) is 0 Å². The maximum atomic E-state index is 15.1. The molecule has 260 valence electrons. The molecule has 0 spiro atoms. The first kappa shape index (κ1) is 34.6. The standard InChI is InChI=1S/C31H38F4N8O5/c1-28(2,3)47-26(45)40-23-22-24(37-15-36-23)43(16-38-22)13-18-20(10-9-19(32)21(18)31(33,34)35)42-12-11-30(14-42,25(44)39-17-7-8-17)41-27(46)48-29(4,5)6/h9-10,15-17H,7-8,11-14H2,1-6H3,(H,39,44)(H,41,46)(H,36,37,40,45)/t30-/m1/s1. The van der Waals surface area contributed by atoms with Crippen LogP contribution in [0.1, 0.15) is 71.9 Å². The minimum Gasteiger partial charge on any atom is -0.444 e. The molecule has 1 atom stereocenters. The van der Waals surface area contributed by atoms with Crippen LogP contribution >= 0.6 is 0 Å². The van der Waals surface area contributed by atoms with E-state index in [0.29, 0.717) is 0 Å². The molecule has 1 saturated heterocycles. The quantitative estimate of drug-likeness (QED) is 0.289. The van der Waals surface area contributed by atoms with E-state index in [4.69, 9.17) is 9.47 Å². The van der Waals surface area contributed by atoms with Gasteiger partial charge in [-0.05, 0) is 72.9 Å². The summed E-state index contributed by atoms with van der Waals surface area (Å²) >= 11 is 0. The van der Waals surface area contributed by atoms with E-state index in [0.717, 1.165) is 25.2 Å². The summed E-state index contributed by atoms with van der Waals surface area (Å²) in [6, 6.07) is 1.88. The van der Waals surface area contributed by atoms with Gasteiger partial charge in [-0.25, -0.2) is 28.9 Å². The second-order valence-electron chi connectivity index (χ2n) is 13.9. The molecule has 13 nitrogen and oxygen atoms in total. The molecule has 2 aromatic heterocycles. The van der Waals surface area contributed by atoms with E-state index < -0.39 is 64.5 Å². The predicted octanol–water partition coefficient (Wildman–Crippen LogP) is 5.13. The number of halogens is 4. The third-order valence-electron chi connectivity index (χ3n) is 7.57. The number of alkyl halides is 3. The zero-order chi connectivity index (χ0) is 35.2. The SMILES string of the molecule is CC(C)(C)OC(=O)Nc1ncnc2c1ncn2Cc1c(N2CC[C@](NC(=O)OC(C)(C)C)(C(=O)NC3CC3)C2)ccc(F)c1C(F)(F)F. The van der Waals surface area contributed by atoms with Crippen LogP contribution in [0.4, 0.5) is 38.7 Å². The molecule has 0 radical (unpaired) electrons. The molecule has 1 aromatic carbocycles. The molecule has 2 aliphatic rings. The number of hydrogen-bond acceptors (Lipinski definition) is 9. The number of benzene rings is 1.